The number of amidine groups is 1. The molecule has 1 atom stereocenters. The van der Waals surface area contributed by atoms with Crippen molar-refractivity contribution in [1.29, 1.82) is 5.41 Å². The van der Waals surface area contributed by atoms with Crippen molar-refractivity contribution in [1.82, 2.24) is 14.8 Å². The maximum absolute atomic E-state index is 12.9. The second-order valence-corrected chi connectivity index (χ2v) is 7.79. The van der Waals surface area contributed by atoms with E-state index >= 15 is 0 Å². The molecule has 36 heavy (non-hydrogen) atoms. The van der Waals surface area contributed by atoms with Gasteiger partial charge in [0.25, 0.3) is 5.91 Å². The molecule has 0 radical (unpaired) electrons. The summed E-state index contributed by atoms with van der Waals surface area (Å²) < 4.78 is 11.9. The normalized spacial score (nSPS) is 11.5. The number of hydrogen-bond donors (Lipinski definition) is 5. The maximum atomic E-state index is 12.9. The second-order valence-electron chi connectivity index (χ2n) is 7.79. The van der Waals surface area contributed by atoms with E-state index < -0.39 is 17.6 Å². The van der Waals surface area contributed by atoms with E-state index in [9.17, 15) is 9.59 Å². The van der Waals surface area contributed by atoms with Gasteiger partial charge in [0.05, 0.1) is 25.5 Å². The Kier molecular flexibility index (Phi) is 6.72. The summed E-state index contributed by atoms with van der Waals surface area (Å²) in [5.74, 6) is 0.591. The van der Waals surface area contributed by atoms with Crippen LogP contribution >= 0.6 is 0 Å². The molecule has 0 fully saturated rings. The Morgan fingerprint density at radius 2 is 1.72 bits per heavy atom. The second kappa shape index (κ2) is 10.1. The minimum atomic E-state index is -0.679. The Bertz CT molecular complexity index is 1470. The first kappa shape index (κ1) is 24.1. The molecule has 3 aromatic carbocycles. The maximum Gasteiger partial charge on any atom is 0.348 e. The number of para-hydroxylation sites is 1. The lowest BCUT2D eigenvalue weighted by molar-refractivity contribution is 0.1000. The number of rotatable bonds is 9. The van der Waals surface area contributed by atoms with Crippen LogP contribution < -0.4 is 31.9 Å². The van der Waals surface area contributed by atoms with E-state index in [1.54, 1.807) is 61.7 Å². The smallest absolute Gasteiger partial charge is 0.348 e. The van der Waals surface area contributed by atoms with Gasteiger partial charge in [-0.3, -0.25) is 15.2 Å². The molecule has 4 rings (SSSR count). The first-order valence-corrected chi connectivity index (χ1v) is 10.8. The molecule has 0 spiro atoms. The highest BCUT2D eigenvalue weighted by molar-refractivity contribution is 5.96. The third-order valence-corrected chi connectivity index (χ3v) is 5.55. The highest BCUT2D eigenvalue weighted by atomic mass is 16.5. The van der Waals surface area contributed by atoms with Gasteiger partial charge in [0, 0.05) is 11.3 Å². The van der Waals surface area contributed by atoms with Crippen LogP contribution in [0.1, 0.15) is 33.4 Å². The highest BCUT2D eigenvalue weighted by Crippen LogP contribution is 2.33. The molecule has 184 valence electrons. The Labute approximate surface area is 206 Å². The fourth-order valence-electron chi connectivity index (χ4n) is 3.76. The number of aromatic amines is 1. The number of primary amides is 1. The van der Waals surface area contributed by atoms with E-state index in [0.29, 0.717) is 28.3 Å². The molecule has 1 heterocycles. The Balaban J connectivity index is 1.82. The molecule has 0 aliphatic rings. The van der Waals surface area contributed by atoms with Gasteiger partial charge in [-0.05, 0) is 54.1 Å². The molecule has 0 aliphatic heterocycles. The summed E-state index contributed by atoms with van der Waals surface area (Å²) in [6.07, 6.45) is 0. The van der Waals surface area contributed by atoms with Crippen molar-refractivity contribution < 1.29 is 14.3 Å². The third kappa shape index (κ3) is 4.75. The average Bonchev–Trinajstić information content (AvgIpc) is 3.27. The van der Waals surface area contributed by atoms with Crippen LogP contribution in [0.2, 0.25) is 0 Å². The number of nitrogens with zero attached hydrogens (tertiary/aromatic N) is 2. The summed E-state index contributed by atoms with van der Waals surface area (Å²) in [5, 5.41) is 15.4. The predicted molar refractivity (Wildman–Crippen MR) is 135 cm³/mol. The zero-order valence-electron chi connectivity index (χ0n) is 19.6. The lowest BCUT2D eigenvalue weighted by Crippen LogP contribution is -2.21. The number of H-pyrrole nitrogens is 1. The van der Waals surface area contributed by atoms with Gasteiger partial charge < -0.3 is 26.3 Å². The van der Waals surface area contributed by atoms with E-state index in [1.807, 2.05) is 6.07 Å². The summed E-state index contributed by atoms with van der Waals surface area (Å²) in [6.45, 7) is 0. The number of nitrogens with two attached hydrogens (primary N) is 2. The first-order valence-electron chi connectivity index (χ1n) is 10.8. The molecule has 1 unspecified atom stereocenters. The van der Waals surface area contributed by atoms with Crippen molar-refractivity contribution in [3.63, 3.8) is 0 Å². The average molecular weight is 488 g/mol. The van der Waals surface area contributed by atoms with Crippen LogP contribution in [0, 0.1) is 5.41 Å². The number of methoxy groups -OCH3 is 2. The number of nitrogens with one attached hydrogen (secondary N) is 3. The monoisotopic (exact) mass is 487 g/mol. The van der Waals surface area contributed by atoms with E-state index in [0.717, 1.165) is 4.68 Å². The van der Waals surface area contributed by atoms with Gasteiger partial charge in [0.15, 0.2) is 17.3 Å². The van der Waals surface area contributed by atoms with Crippen molar-refractivity contribution in [2.24, 2.45) is 11.5 Å². The lowest BCUT2D eigenvalue weighted by Gasteiger charge is -2.20. The van der Waals surface area contributed by atoms with E-state index in [-0.39, 0.29) is 22.9 Å². The Morgan fingerprint density at radius 1 is 1.03 bits per heavy atom. The van der Waals surface area contributed by atoms with Gasteiger partial charge in [0.1, 0.15) is 11.9 Å². The Hall–Kier alpha value is -5.06. The molecule has 11 nitrogen and oxygen atoms in total. The topological polar surface area (TPSA) is 174 Å². The highest BCUT2D eigenvalue weighted by Gasteiger charge is 2.23. The van der Waals surface area contributed by atoms with Gasteiger partial charge in [-0.1, -0.05) is 18.2 Å². The number of anilines is 1. The van der Waals surface area contributed by atoms with Crippen LogP contribution in [-0.2, 0) is 0 Å². The number of carbonyl (C=O) groups excluding carboxylic acids is 1. The standard InChI is InChI=1S/C25H25N7O4/c1-35-19-12-9-15(13-20(19)36-2)21(29-16-10-7-14(8-11-16)22(26)27)24-30-25(34)32(31-24)18-6-4-3-5-17(18)23(28)33/h3-13,21,29H,1-2H3,(H3,26,27)(H2,28,33)(H,30,31,34). The van der Waals surface area contributed by atoms with Crippen LogP contribution in [0.5, 0.6) is 11.5 Å². The number of amides is 1. The molecule has 0 bridgehead atoms. The largest absolute Gasteiger partial charge is 0.493 e. The molecule has 4 aromatic rings. The van der Waals surface area contributed by atoms with Crippen molar-refractivity contribution in [3.05, 3.63) is 99.7 Å². The number of carbonyl (C=O) groups is 1. The number of hydrogen-bond acceptors (Lipinski definition) is 7. The summed E-state index contributed by atoms with van der Waals surface area (Å²) in [7, 11) is 3.07. The minimum absolute atomic E-state index is 0.0471. The quantitative estimate of drug-likeness (QED) is 0.178. The molecule has 1 aromatic heterocycles. The zero-order valence-corrected chi connectivity index (χ0v) is 19.6. The molecule has 0 saturated heterocycles. The summed E-state index contributed by atoms with van der Waals surface area (Å²) >= 11 is 0. The molecular weight excluding hydrogens is 462 g/mol. The van der Waals surface area contributed by atoms with E-state index in [1.165, 1.54) is 13.2 Å². The van der Waals surface area contributed by atoms with Crippen LogP contribution in [0.15, 0.2) is 71.5 Å². The van der Waals surface area contributed by atoms with Gasteiger partial charge in [-0.2, -0.15) is 4.68 Å². The first-order chi connectivity index (χ1) is 17.3. The van der Waals surface area contributed by atoms with Crippen molar-refractivity contribution in [2.45, 2.75) is 6.04 Å². The fourth-order valence-corrected chi connectivity index (χ4v) is 3.76. The lowest BCUT2D eigenvalue weighted by atomic mass is 10.0. The third-order valence-electron chi connectivity index (χ3n) is 5.55. The minimum Gasteiger partial charge on any atom is -0.493 e. The zero-order chi connectivity index (χ0) is 25.8. The van der Waals surface area contributed by atoms with Crippen LogP contribution in [0.25, 0.3) is 5.69 Å². The molecular formula is C25H25N7O4. The number of benzene rings is 3. The van der Waals surface area contributed by atoms with E-state index in [2.05, 4.69) is 15.4 Å². The van der Waals surface area contributed by atoms with Crippen molar-refractivity contribution in [3.8, 4) is 17.2 Å². The van der Waals surface area contributed by atoms with Crippen molar-refractivity contribution >= 4 is 17.4 Å². The van der Waals surface area contributed by atoms with Gasteiger partial charge in [0.2, 0.25) is 0 Å². The predicted octanol–water partition coefficient (Wildman–Crippen LogP) is 2.16. The SMILES string of the molecule is COc1ccc(C(Nc2ccc(C(=N)N)cc2)c2nn(-c3ccccc3C(N)=O)c(=O)[nH]2)cc1OC. The summed E-state index contributed by atoms with van der Waals surface area (Å²) in [4.78, 5) is 27.6. The van der Waals surface area contributed by atoms with Gasteiger partial charge in [-0.25, -0.2) is 4.79 Å². The van der Waals surface area contributed by atoms with Gasteiger partial charge in [-0.15, -0.1) is 5.10 Å². The Morgan fingerprint density at radius 3 is 2.36 bits per heavy atom. The molecule has 7 N–H and O–H groups in total. The number of ether oxygens (including phenoxy) is 2. The van der Waals surface area contributed by atoms with Crippen molar-refractivity contribution in [2.75, 3.05) is 19.5 Å². The molecule has 0 aliphatic carbocycles. The summed E-state index contributed by atoms with van der Waals surface area (Å²) in [6, 6.07) is 18.1. The van der Waals surface area contributed by atoms with Crippen LogP contribution in [-0.4, -0.2) is 40.7 Å². The molecule has 11 heteroatoms. The number of aromatic nitrogens is 3. The van der Waals surface area contributed by atoms with Crippen LogP contribution in [0.3, 0.4) is 0 Å². The number of nitrogen functional groups attached to an aromatic ring is 1. The van der Waals surface area contributed by atoms with Crippen LogP contribution in [0.4, 0.5) is 5.69 Å². The summed E-state index contributed by atoms with van der Waals surface area (Å²) in [5.41, 5.74) is 12.9. The molecule has 0 saturated carbocycles. The molecule has 1 amide bonds. The van der Waals surface area contributed by atoms with E-state index in [4.69, 9.17) is 26.4 Å². The fraction of sp³-hybridized carbons (Fsp3) is 0.120. The van der Waals surface area contributed by atoms with Gasteiger partial charge >= 0.3 is 5.69 Å².